The topological polar surface area (TPSA) is 146 Å². The molecule has 4 rings (SSSR count). The van der Waals surface area contributed by atoms with Crippen LogP contribution in [0.3, 0.4) is 0 Å². The average molecular weight is 571 g/mol. The fraction of sp³-hybridized carbons (Fsp3) is 0.370. The second-order valence-corrected chi connectivity index (χ2v) is 11.9. The number of aryl methyl sites for hydroxylation is 1. The lowest BCUT2D eigenvalue weighted by Crippen LogP contribution is -2.50. The van der Waals surface area contributed by atoms with Crippen molar-refractivity contribution in [3.05, 3.63) is 66.6 Å². The van der Waals surface area contributed by atoms with Crippen molar-refractivity contribution in [1.29, 1.82) is 0 Å². The summed E-state index contributed by atoms with van der Waals surface area (Å²) in [5.41, 5.74) is 1.00. The van der Waals surface area contributed by atoms with E-state index in [0.29, 0.717) is 5.69 Å². The van der Waals surface area contributed by atoms with Crippen LogP contribution >= 0.6 is 0 Å². The maximum atomic E-state index is 13.6. The van der Waals surface area contributed by atoms with Gasteiger partial charge in [0.05, 0.1) is 36.8 Å². The van der Waals surface area contributed by atoms with Gasteiger partial charge in [0.15, 0.2) is 10.8 Å². The number of ether oxygens (including phenoxy) is 1. The smallest absolute Gasteiger partial charge is 0.323 e. The Balaban J connectivity index is 1.69. The Morgan fingerprint density at radius 2 is 1.93 bits per heavy atom. The number of rotatable bonds is 8. The fourth-order valence-corrected chi connectivity index (χ4v) is 5.54. The van der Waals surface area contributed by atoms with Crippen molar-refractivity contribution in [3.8, 4) is 5.75 Å². The number of hydrogen-bond acceptors (Lipinski definition) is 7. The zero-order valence-electron chi connectivity index (χ0n) is 22.8. The molecule has 0 spiro atoms. The fourth-order valence-electron chi connectivity index (χ4n) is 4.40. The molecule has 1 aromatic heterocycles. The summed E-state index contributed by atoms with van der Waals surface area (Å²) in [5, 5.41) is 15.3. The van der Waals surface area contributed by atoms with Gasteiger partial charge in [-0.1, -0.05) is 31.2 Å². The Labute approximate surface area is 233 Å². The molecule has 12 nitrogen and oxygen atoms in total. The Morgan fingerprint density at radius 1 is 1.20 bits per heavy atom. The van der Waals surface area contributed by atoms with E-state index < -0.39 is 28.2 Å². The van der Waals surface area contributed by atoms with Crippen LogP contribution in [0.5, 0.6) is 5.75 Å². The van der Waals surface area contributed by atoms with Gasteiger partial charge in [-0.2, -0.15) is 4.31 Å². The van der Waals surface area contributed by atoms with Crippen molar-refractivity contribution >= 4 is 33.3 Å². The summed E-state index contributed by atoms with van der Waals surface area (Å²) in [6.07, 6.45) is 2.11. The number of aromatic nitrogens is 2. The number of likely N-dealkylation sites (N-methyl/N-ethyl adjacent to an activating group) is 1. The van der Waals surface area contributed by atoms with E-state index in [0.717, 1.165) is 4.31 Å². The van der Waals surface area contributed by atoms with Gasteiger partial charge in [0.2, 0.25) is 0 Å². The largest absolute Gasteiger partial charge is 0.486 e. The highest BCUT2D eigenvalue weighted by molar-refractivity contribution is 7.89. The Morgan fingerprint density at radius 3 is 2.58 bits per heavy atom. The highest BCUT2D eigenvalue weighted by Gasteiger charge is 2.36. The van der Waals surface area contributed by atoms with Gasteiger partial charge < -0.3 is 29.9 Å². The molecule has 3 atom stereocenters. The first-order chi connectivity index (χ1) is 19.0. The number of anilines is 2. The molecular formula is C27H34N6O6S. The number of aliphatic hydroxyl groups excluding tert-OH is 1. The maximum Gasteiger partial charge on any atom is 0.323 e. The summed E-state index contributed by atoms with van der Waals surface area (Å²) in [4.78, 5) is 32.0. The van der Waals surface area contributed by atoms with Gasteiger partial charge >= 0.3 is 6.03 Å². The minimum absolute atomic E-state index is 0.0560. The lowest BCUT2D eigenvalue weighted by atomic mass is 9.99. The highest BCUT2D eigenvalue weighted by Crippen LogP contribution is 2.35. The molecule has 13 heteroatoms. The molecule has 2 aromatic carbocycles. The first-order valence-electron chi connectivity index (χ1n) is 12.8. The first kappa shape index (κ1) is 29.1. The van der Waals surface area contributed by atoms with Crippen molar-refractivity contribution < 1.29 is 27.9 Å². The van der Waals surface area contributed by atoms with Gasteiger partial charge in [0.1, 0.15) is 6.10 Å². The molecule has 40 heavy (non-hydrogen) atoms. The van der Waals surface area contributed by atoms with Gasteiger partial charge in [-0.3, -0.25) is 4.79 Å². The molecular weight excluding hydrogens is 536 g/mol. The van der Waals surface area contributed by atoms with E-state index in [1.807, 2.05) is 13.0 Å². The predicted octanol–water partition coefficient (Wildman–Crippen LogP) is 2.60. The summed E-state index contributed by atoms with van der Waals surface area (Å²) in [6, 6.07) is 12.6. The number of benzene rings is 2. The zero-order valence-corrected chi connectivity index (χ0v) is 23.6. The minimum Gasteiger partial charge on any atom is -0.486 e. The number of urea groups is 1. The average Bonchev–Trinajstić information content (AvgIpc) is 3.38. The molecule has 214 valence electrons. The molecule has 0 fully saturated rings. The Hall–Kier alpha value is -3.94. The summed E-state index contributed by atoms with van der Waals surface area (Å²) in [7, 11) is -0.806. The normalized spacial score (nSPS) is 18.4. The molecule has 3 amide bonds. The molecule has 0 aliphatic carbocycles. The van der Waals surface area contributed by atoms with Crippen LogP contribution < -0.4 is 15.4 Å². The molecule has 0 saturated carbocycles. The van der Waals surface area contributed by atoms with Crippen molar-refractivity contribution in [1.82, 2.24) is 18.8 Å². The second kappa shape index (κ2) is 12.1. The van der Waals surface area contributed by atoms with E-state index >= 15 is 0 Å². The van der Waals surface area contributed by atoms with Crippen molar-refractivity contribution in [2.45, 2.75) is 31.0 Å². The molecule has 0 radical (unpaired) electrons. The molecule has 3 N–H and O–H groups in total. The third kappa shape index (κ3) is 6.27. The SMILES string of the molecule is C[C@H]1CN([C@@H](C)CO)C(=O)c2cccc(NC(=O)Nc3ccccc3)c2O[C@@H]1CN(C)S(=O)(=O)c1cn(C)cn1. The van der Waals surface area contributed by atoms with Crippen LogP contribution in [0.15, 0.2) is 66.1 Å². The number of aliphatic hydroxyl groups is 1. The van der Waals surface area contributed by atoms with Gasteiger partial charge in [-0.15, -0.1) is 0 Å². The lowest BCUT2D eigenvalue weighted by molar-refractivity contribution is 0.0389. The van der Waals surface area contributed by atoms with Crippen LogP contribution in [0.25, 0.3) is 0 Å². The molecule has 3 aromatic rings. The van der Waals surface area contributed by atoms with Crippen LogP contribution in [-0.4, -0.2) is 83.1 Å². The first-order valence-corrected chi connectivity index (χ1v) is 14.2. The number of fused-ring (bicyclic) bond motifs is 1. The van der Waals surface area contributed by atoms with E-state index in [4.69, 9.17) is 4.74 Å². The van der Waals surface area contributed by atoms with E-state index in [1.165, 1.54) is 19.6 Å². The van der Waals surface area contributed by atoms with Gasteiger partial charge in [-0.05, 0) is 31.2 Å². The lowest BCUT2D eigenvalue weighted by Gasteiger charge is -2.38. The van der Waals surface area contributed by atoms with E-state index in [9.17, 15) is 23.1 Å². The summed E-state index contributed by atoms with van der Waals surface area (Å²) in [5.74, 6) is -0.604. The monoisotopic (exact) mass is 570 g/mol. The van der Waals surface area contributed by atoms with Crippen LogP contribution in [0.2, 0.25) is 0 Å². The third-order valence-corrected chi connectivity index (χ3v) is 8.47. The van der Waals surface area contributed by atoms with Crippen LogP contribution in [0.4, 0.5) is 16.2 Å². The number of amides is 3. The number of imidazole rings is 1. The van der Waals surface area contributed by atoms with Gasteiger partial charge in [-0.25, -0.2) is 18.2 Å². The second-order valence-electron chi connectivity index (χ2n) is 9.91. The molecule has 0 bridgehead atoms. The van der Waals surface area contributed by atoms with E-state index in [1.54, 1.807) is 65.9 Å². The number of para-hydroxylation sites is 2. The summed E-state index contributed by atoms with van der Waals surface area (Å²) in [6.45, 7) is 3.48. The molecule has 1 aliphatic rings. The zero-order chi connectivity index (χ0) is 29.0. The molecule has 2 heterocycles. The number of carbonyl (C=O) groups is 2. The summed E-state index contributed by atoms with van der Waals surface area (Å²) >= 11 is 0. The van der Waals surface area contributed by atoms with Crippen LogP contribution in [0.1, 0.15) is 24.2 Å². The number of carbonyl (C=O) groups excluding carboxylic acids is 2. The molecule has 0 unspecified atom stereocenters. The van der Waals surface area contributed by atoms with E-state index in [2.05, 4.69) is 15.6 Å². The predicted molar refractivity (Wildman–Crippen MR) is 150 cm³/mol. The molecule has 1 aliphatic heterocycles. The van der Waals surface area contributed by atoms with Gasteiger partial charge in [0, 0.05) is 38.4 Å². The van der Waals surface area contributed by atoms with Crippen molar-refractivity contribution in [2.24, 2.45) is 13.0 Å². The van der Waals surface area contributed by atoms with Gasteiger partial charge in [0.25, 0.3) is 15.9 Å². The highest BCUT2D eigenvalue weighted by atomic mass is 32.2. The van der Waals surface area contributed by atoms with Crippen molar-refractivity contribution in [3.63, 3.8) is 0 Å². The Kier molecular flexibility index (Phi) is 8.76. The standard InChI is InChI=1S/C27H34N6O6S/c1-18-13-33(19(2)16-34)26(35)21-11-8-12-22(30-27(36)29-20-9-6-5-7-10-20)25(21)39-23(18)14-32(4)40(37,38)24-15-31(3)17-28-24/h5-12,15,17-19,23,34H,13-14,16H2,1-4H3,(H2,29,30,36)/t18-,19-,23+/m0/s1. The number of nitrogens with zero attached hydrogens (tertiary/aromatic N) is 4. The van der Waals surface area contributed by atoms with Crippen LogP contribution in [0, 0.1) is 5.92 Å². The number of sulfonamides is 1. The Bertz CT molecular complexity index is 1460. The van der Waals surface area contributed by atoms with E-state index in [-0.39, 0.29) is 53.5 Å². The van der Waals surface area contributed by atoms with Crippen LogP contribution in [-0.2, 0) is 17.1 Å². The maximum absolute atomic E-state index is 13.6. The summed E-state index contributed by atoms with van der Waals surface area (Å²) < 4.78 is 35.5. The molecule has 0 saturated heterocycles. The number of hydrogen-bond donors (Lipinski definition) is 3. The quantitative estimate of drug-likeness (QED) is 0.377. The third-order valence-electron chi connectivity index (χ3n) is 6.76. The number of nitrogens with one attached hydrogen (secondary N) is 2. The van der Waals surface area contributed by atoms with Crippen molar-refractivity contribution in [2.75, 3.05) is 37.4 Å². The minimum atomic E-state index is -3.93.